The molecule has 3 heterocycles. The molecule has 1 aliphatic rings. The molecule has 0 spiro atoms. The summed E-state index contributed by atoms with van der Waals surface area (Å²) in [6, 6.07) is 2.95. The first-order valence-electron chi connectivity index (χ1n) is 7.98. The number of hydrogen-bond donors (Lipinski definition) is 1. The van der Waals surface area contributed by atoms with Crippen molar-refractivity contribution < 1.29 is 22.7 Å². The van der Waals surface area contributed by atoms with E-state index in [0.29, 0.717) is 18.8 Å². The largest absolute Gasteiger partial charge is 0.465 e. The number of amides is 1. The van der Waals surface area contributed by atoms with Crippen LogP contribution in [0, 0.1) is 0 Å². The maximum absolute atomic E-state index is 12.6. The first kappa shape index (κ1) is 18.6. The maximum Gasteiger partial charge on any atom is 0.350 e. The fourth-order valence-electron chi connectivity index (χ4n) is 2.82. The molecular weight excluding hydrogens is 378 g/mol. The summed E-state index contributed by atoms with van der Waals surface area (Å²) in [7, 11) is -0.733. The summed E-state index contributed by atoms with van der Waals surface area (Å²) >= 11 is 1.15. The van der Waals surface area contributed by atoms with Crippen LogP contribution in [0.15, 0.2) is 28.6 Å². The fourth-order valence-corrected chi connectivity index (χ4v) is 5.18. The van der Waals surface area contributed by atoms with Crippen molar-refractivity contribution in [3.05, 3.63) is 34.3 Å². The van der Waals surface area contributed by atoms with Gasteiger partial charge in [-0.3, -0.25) is 4.79 Å². The third-order valence-corrected chi connectivity index (χ3v) is 6.96. The van der Waals surface area contributed by atoms with E-state index >= 15 is 0 Å². The predicted molar refractivity (Wildman–Crippen MR) is 97.0 cm³/mol. The number of nitrogens with one attached hydrogen (secondary N) is 1. The van der Waals surface area contributed by atoms with Gasteiger partial charge in [0.15, 0.2) is 0 Å². The van der Waals surface area contributed by atoms with Gasteiger partial charge in [-0.25, -0.2) is 13.2 Å². The zero-order valence-electron chi connectivity index (χ0n) is 14.4. The topological polar surface area (TPSA) is 97.7 Å². The Labute approximate surface area is 155 Å². The molecule has 1 fully saturated rings. The Bertz CT molecular complexity index is 939. The second kappa shape index (κ2) is 7.22. The highest BCUT2D eigenvalue weighted by Crippen LogP contribution is 2.25. The van der Waals surface area contributed by atoms with Crippen LogP contribution in [-0.4, -0.2) is 49.4 Å². The first-order chi connectivity index (χ1) is 12.3. The first-order valence-corrected chi connectivity index (χ1v) is 10.3. The van der Waals surface area contributed by atoms with Crippen molar-refractivity contribution in [2.75, 3.05) is 25.5 Å². The van der Waals surface area contributed by atoms with Crippen molar-refractivity contribution in [2.24, 2.45) is 7.05 Å². The second-order valence-corrected chi connectivity index (χ2v) is 8.75. The van der Waals surface area contributed by atoms with Crippen molar-refractivity contribution >= 4 is 38.9 Å². The van der Waals surface area contributed by atoms with Crippen LogP contribution in [0.2, 0.25) is 0 Å². The number of thiophene rings is 1. The van der Waals surface area contributed by atoms with Crippen LogP contribution in [0.25, 0.3) is 0 Å². The predicted octanol–water partition coefficient (Wildman–Crippen LogP) is 1.91. The zero-order valence-corrected chi connectivity index (χ0v) is 16.0. The van der Waals surface area contributed by atoms with Crippen LogP contribution in [0.5, 0.6) is 0 Å². The van der Waals surface area contributed by atoms with Gasteiger partial charge in [0, 0.05) is 26.3 Å². The van der Waals surface area contributed by atoms with Gasteiger partial charge in [0.25, 0.3) is 5.91 Å². The summed E-state index contributed by atoms with van der Waals surface area (Å²) in [5.74, 6) is -1.04. The lowest BCUT2D eigenvalue weighted by molar-refractivity contribution is 0.0607. The average molecular weight is 397 g/mol. The molecule has 0 saturated carbocycles. The van der Waals surface area contributed by atoms with Crippen LogP contribution in [0.3, 0.4) is 0 Å². The minimum absolute atomic E-state index is 0.0885. The molecule has 1 saturated heterocycles. The molecule has 2 aromatic rings. The molecule has 0 bridgehead atoms. The standard InChI is InChI=1S/C16H19N3O5S2/c1-18-10-11(26(22,23)19-6-3-4-7-19)9-13(18)15(20)17-12-5-8-25-14(12)16(21)24-2/h5,8-10H,3-4,6-7H2,1-2H3,(H,17,20). The van der Waals surface area contributed by atoms with Crippen LogP contribution in [0.1, 0.15) is 33.0 Å². The van der Waals surface area contributed by atoms with E-state index in [1.54, 1.807) is 18.5 Å². The molecule has 0 radical (unpaired) electrons. The van der Waals surface area contributed by atoms with E-state index in [-0.39, 0.29) is 15.5 Å². The van der Waals surface area contributed by atoms with Gasteiger partial charge in [-0.15, -0.1) is 11.3 Å². The van der Waals surface area contributed by atoms with Gasteiger partial charge in [-0.2, -0.15) is 4.31 Å². The highest BCUT2D eigenvalue weighted by molar-refractivity contribution is 7.89. The Hall–Kier alpha value is -2.17. The number of esters is 1. The van der Waals surface area contributed by atoms with E-state index in [9.17, 15) is 18.0 Å². The molecular formula is C16H19N3O5S2. The zero-order chi connectivity index (χ0) is 18.9. The summed E-state index contributed by atoms with van der Waals surface area (Å²) in [5, 5.41) is 4.30. The van der Waals surface area contributed by atoms with Crippen molar-refractivity contribution in [1.82, 2.24) is 8.87 Å². The van der Waals surface area contributed by atoms with Crippen molar-refractivity contribution in [3.63, 3.8) is 0 Å². The maximum atomic E-state index is 12.6. The van der Waals surface area contributed by atoms with Gasteiger partial charge in [0.2, 0.25) is 10.0 Å². The number of methoxy groups -OCH3 is 1. The normalized spacial score (nSPS) is 15.2. The van der Waals surface area contributed by atoms with E-state index in [4.69, 9.17) is 0 Å². The Morgan fingerprint density at radius 1 is 1.27 bits per heavy atom. The van der Waals surface area contributed by atoms with Crippen molar-refractivity contribution in [3.8, 4) is 0 Å². The lowest BCUT2D eigenvalue weighted by Crippen LogP contribution is -2.27. The lowest BCUT2D eigenvalue weighted by atomic mass is 10.3. The quantitative estimate of drug-likeness (QED) is 0.777. The van der Waals surface area contributed by atoms with Crippen LogP contribution < -0.4 is 5.32 Å². The number of rotatable bonds is 5. The SMILES string of the molecule is COC(=O)c1sccc1NC(=O)c1cc(S(=O)(=O)N2CCCC2)cn1C. The molecule has 1 N–H and O–H groups in total. The molecule has 26 heavy (non-hydrogen) atoms. The number of sulfonamides is 1. The molecule has 0 aromatic carbocycles. The number of carbonyl (C=O) groups excluding carboxylic acids is 2. The van der Waals surface area contributed by atoms with E-state index in [1.807, 2.05) is 0 Å². The minimum atomic E-state index is -3.60. The summed E-state index contributed by atoms with van der Waals surface area (Å²) < 4.78 is 32.9. The molecule has 1 amide bonds. The smallest absolute Gasteiger partial charge is 0.350 e. The van der Waals surface area contributed by atoms with Crippen LogP contribution in [-0.2, 0) is 21.8 Å². The summed E-state index contributed by atoms with van der Waals surface area (Å²) in [5.41, 5.74) is 0.516. The lowest BCUT2D eigenvalue weighted by Gasteiger charge is -2.13. The number of aromatic nitrogens is 1. The highest BCUT2D eigenvalue weighted by atomic mass is 32.2. The number of hydrogen-bond acceptors (Lipinski definition) is 6. The van der Waals surface area contributed by atoms with E-state index < -0.39 is 21.9 Å². The van der Waals surface area contributed by atoms with E-state index in [0.717, 1.165) is 24.2 Å². The van der Waals surface area contributed by atoms with Crippen molar-refractivity contribution in [1.29, 1.82) is 0 Å². The molecule has 1 aliphatic heterocycles. The van der Waals surface area contributed by atoms with E-state index in [2.05, 4.69) is 10.1 Å². The molecule has 3 rings (SSSR count). The molecule has 2 aromatic heterocycles. The van der Waals surface area contributed by atoms with Gasteiger partial charge in [0.05, 0.1) is 12.8 Å². The molecule has 140 valence electrons. The average Bonchev–Trinajstić information content (AvgIpc) is 3.34. The Morgan fingerprint density at radius 2 is 1.96 bits per heavy atom. The number of anilines is 1. The second-order valence-electron chi connectivity index (χ2n) is 5.89. The molecule has 0 unspecified atom stereocenters. The monoisotopic (exact) mass is 397 g/mol. The van der Waals surface area contributed by atoms with Gasteiger partial charge in [-0.1, -0.05) is 0 Å². The summed E-state index contributed by atoms with van der Waals surface area (Å²) in [4.78, 5) is 24.6. The van der Waals surface area contributed by atoms with Gasteiger partial charge >= 0.3 is 5.97 Å². The number of carbonyl (C=O) groups is 2. The van der Waals surface area contributed by atoms with Crippen LogP contribution >= 0.6 is 11.3 Å². The number of aryl methyl sites for hydroxylation is 1. The molecule has 0 atom stereocenters. The summed E-state index contributed by atoms with van der Waals surface area (Å²) in [6.45, 7) is 0.992. The Balaban J connectivity index is 1.84. The molecule has 0 aliphatic carbocycles. The highest BCUT2D eigenvalue weighted by Gasteiger charge is 2.29. The van der Waals surface area contributed by atoms with Gasteiger partial charge in [-0.05, 0) is 30.4 Å². The number of nitrogens with zero attached hydrogens (tertiary/aromatic N) is 2. The molecule has 10 heteroatoms. The number of ether oxygens (including phenoxy) is 1. The third kappa shape index (κ3) is 3.39. The fraction of sp³-hybridized carbons (Fsp3) is 0.375. The Morgan fingerprint density at radius 3 is 2.62 bits per heavy atom. The van der Waals surface area contributed by atoms with E-state index in [1.165, 1.54) is 28.2 Å². The minimum Gasteiger partial charge on any atom is -0.465 e. The molecule has 8 nitrogen and oxygen atoms in total. The van der Waals surface area contributed by atoms with Gasteiger partial charge < -0.3 is 14.6 Å². The van der Waals surface area contributed by atoms with Crippen LogP contribution in [0.4, 0.5) is 5.69 Å². The van der Waals surface area contributed by atoms with Crippen molar-refractivity contribution in [2.45, 2.75) is 17.7 Å². The Kier molecular flexibility index (Phi) is 5.17. The van der Waals surface area contributed by atoms with Gasteiger partial charge in [0.1, 0.15) is 15.5 Å². The third-order valence-electron chi connectivity index (χ3n) is 4.20. The summed E-state index contributed by atoms with van der Waals surface area (Å²) in [6.07, 6.45) is 3.11.